The van der Waals surface area contributed by atoms with E-state index < -0.39 is 17.7 Å². The van der Waals surface area contributed by atoms with Crippen molar-refractivity contribution in [1.29, 1.82) is 0 Å². The molecule has 0 fully saturated rings. The van der Waals surface area contributed by atoms with Gasteiger partial charge in [0.05, 0.1) is 12.0 Å². The van der Waals surface area contributed by atoms with Crippen LogP contribution in [0, 0.1) is 5.82 Å². The van der Waals surface area contributed by atoms with E-state index in [0.717, 1.165) is 12.1 Å². The minimum absolute atomic E-state index is 0.0101. The average Bonchev–Trinajstić information content (AvgIpc) is 2.16. The van der Waals surface area contributed by atoms with Crippen LogP contribution in [0.15, 0.2) is 18.2 Å². The number of anilines is 1. The van der Waals surface area contributed by atoms with Gasteiger partial charge in [0.2, 0.25) is 5.91 Å². The van der Waals surface area contributed by atoms with Gasteiger partial charge >= 0.3 is 5.97 Å². The number of halogens is 1. The third-order valence-corrected chi connectivity index (χ3v) is 1.82. The van der Waals surface area contributed by atoms with Crippen LogP contribution >= 0.6 is 0 Å². The summed E-state index contributed by atoms with van der Waals surface area (Å²) < 4.78 is 17.4. The van der Waals surface area contributed by atoms with Crippen molar-refractivity contribution in [2.24, 2.45) is 5.73 Å². The average molecular weight is 226 g/mol. The Balaban J connectivity index is 2.63. The molecular weight excluding hydrogens is 215 g/mol. The van der Waals surface area contributed by atoms with Crippen molar-refractivity contribution in [3.05, 3.63) is 29.6 Å². The van der Waals surface area contributed by atoms with E-state index in [9.17, 15) is 14.0 Å². The van der Waals surface area contributed by atoms with Crippen molar-refractivity contribution in [2.45, 2.75) is 6.42 Å². The van der Waals surface area contributed by atoms with Crippen LogP contribution in [0.3, 0.4) is 0 Å². The lowest BCUT2D eigenvalue weighted by molar-refractivity contribution is -0.118. The zero-order valence-electron chi connectivity index (χ0n) is 8.40. The maximum Gasteiger partial charge on any atom is 0.340 e. The van der Waals surface area contributed by atoms with Crippen LogP contribution in [0.5, 0.6) is 0 Å². The Kier molecular flexibility index (Phi) is 3.82. The van der Waals surface area contributed by atoms with Crippen LogP contribution in [0.4, 0.5) is 10.1 Å². The largest absolute Gasteiger partial charge is 0.461 e. The van der Waals surface area contributed by atoms with Crippen molar-refractivity contribution in [1.82, 2.24) is 0 Å². The number of nitrogens with two attached hydrogens (primary N) is 2. The number of ether oxygens (including phenoxy) is 1. The van der Waals surface area contributed by atoms with Crippen LogP contribution in [0.25, 0.3) is 0 Å². The highest BCUT2D eigenvalue weighted by molar-refractivity contribution is 5.95. The molecular formula is C10H11FN2O3. The monoisotopic (exact) mass is 226 g/mol. The summed E-state index contributed by atoms with van der Waals surface area (Å²) in [4.78, 5) is 21.8. The molecule has 0 aromatic heterocycles. The highest BCUT2D eigenvalue weighted by Gasteiger charge is 2.11. The Hall–Kier alpha value is -2.11. The van der Waals surface area contributed by atoms with Gasteiger partial charge in [-0.2, -0.15) is 0 Å². The number of amides is 1. The first-order chi connectivity index (χ1) is 7.50. The molecule has 0 heterocycles. The Morgan fingerprint density at radius 1 is 1.38 bits per heavy atom. The van der Waals surface area contributed by atoms with Gasteiger partial charge < -0.3 is 16.2 Å². The second-order valence-corrected chi connectivity index (χ2v) is 3.08. The first-order valence-electron chi connectivity index (χ1n) is 4.51. The van der Waals surface area contributed by atoms with Gasteiger partial charge in [0, 0.05) is 5.69 Å². The summed E-state index contributed by atoms with van der Waals surface area (Å²) in [5.41, 5.74) is 10.3. The summed E-state index contributed by atoms with van der Waals surface area (Å²) in [6, 6.07) is 3.34. The molecule has 1 aromatic carbocycles. The van der Waals surface area contributed by atoms with Gasteiger partial charge in [0.25, 0.3) is 0 Å². The number of rotatable bonds is 4. The van der Waals surface area contributed by atoms with Crippen LogP contribution < -0.4 is 11.5 Å². The molecule has 0 aliphatic rings. The summed E-state index contributed by atoms with van der Waals surface area (Å²) in [6.45, 7) is -0.120. The SMILES string of the molecule is NC(=O)CCOC(=O)c1ccc(F)cc1N. The van der Waals surface area contributed by atoms with Crippen molar-refractivity contribution in [2.75, 3.05) is 12.3 Å². The zero-order valence-corrected chi connectivity index (χ0v) is 8.40. The van der Waals surface area contributed by atoms with Crippen LogP contribution in [-0.2, 0) is 9.53 Å². The van der Waals surface area contributed by atoms with Gasteiger partial charge in [-0.15, -0.1) is 0 Å². The molecule has 0 atom stereocenters. The van der Waals surface area contributed by atoms with Gasteiger partial charge in [-0.1, -0.05) is 0 Å². The molecule has 1 aromatic rings. The van der Waals surface area contributed by atoms with Crippen molar-refractivity contribution in [3.8, 4) is 0 Å². The predicted molar refractivity (Wildman–Crippen MR) is 54.9 cm³/mol. The molecule has 86 valence electrons. The fourth-order valence-corrected chi connectivity index (χ4v) is 1.04. The number of primary amides is 1. The number of nitrogen functional groups attached to an aromatic ring is 1. The molecule has 0 spiro atoms. The highest BCUT2D eigenvalue weighted by Crippen LogP contribution is 2.14. The third-order valence-electron chi connectivity index (χ3n) is 1.82. The molecule has 0 saturated carbocycles. The summed E-state index contributed by atoms with van der Waals surface area (Å²) in [5.74, 6) is -1.81. The van der Waals surface area contributed by atoms with E-state index in [-0.39, 0.29) is 24.3 Å². The molecule has 0 aliphatic carbocycles. The molecule has 16 heavy (non-hydrogen) atoms. The van der Waals surface area contributed by atoms with Crippen LogP contribution in [-0.4, -0.2) is 18.5 Å². The number of hydrogen-bond acceptors (Lipinski definition) is 4. The molecule has 0 saturated heterocycles. The van der Waals surface area contributed by atoms with E-state index in [0.29, 0.717) is 0 Å². The van der Waals surface area contributed by atoms with Crippen LogP contribution in [0.1, 0.15) is 16.8 Å². The van der Waals surface area contributed by atoms with Crippen molar-refractivity contribution in [3.63, 3.8) is 0 Å². The minimum Gasteiger partial charge on any atom is -0.461 e. The van der Waals surface area contributed by atoms with E-state index in [1.54, 1.807) is 0 Å². The lowest BCUT2D eigenvalue weighted by Crippen LogP contribution is -2.16. The maximum atomic E-state index is 12.7. The molecule has 5 nitrogen and oxygen atoms in total. The summed E-state index contributed by atoms with van der Waals surface area (Å²) in [6.07, 6.45) is -0.0627. The highest BCUT2D eigenvalue weighted by atomic mass is 19.1. The van der Waals surface area contributed by atoms with Gasteiger partial charge in [-0.05, 0) is 18.2 Å². The number of esters is 1. The fraction of sp³-hybridized carbons (Fsp3) is 0.200. The van der Waals surface area contributed by atoms with Gasteiger partial charge in [0.1, 0.15) is 12.4 Å². The molecule has 0 radical (unpaired) electrons. The van der Waals surface area contributed by atoms with Gasteiger partial charge in [0.15, 0.2) is 0 Å². The van der Waals surface area contributed by atoms with Crippen molar-refractivity contribution < 1.29 is 18.7 Å². The second kappa shape index (κ2) is 5.11. The predicted octanol–water partition coefficient (Wildman–Crippen LogP) is 0.440. The first kappa shape index (κ1) is 12.0. The summed E-state index contributed by atoms with van der Waals surface area (Å²) in [7, 11) is 0. The summed E-state index contributed by atoms with van der Waals surface area (Å²) in [5, 5.41) is 0. The first-order valence-corrected chi connectivity index (χ1v) is 4.51. The second-order valence-electron chi connectivity index (χ2n) is 3.08. The van der Waals surface area contributed by atoms with E-state index in [4.69, 9.17) is 16.2 Å². The molecule has 6 heteroatoms. The maximum absolute atomic E-state index is 12.7. The lowest BCUT2D eigenvalue weighted by atomic mass is 10.2. The van der Waals surface area contributed by atoms with E-state index in [2.05, 4.69) is 0 Å². The molecule has 1 amide bonds. The van der Waals surface area contributed by atoms with Gasteiger partial charge in [-0.25, -0.2) is 9.18 Å². The third kappa shape index (κ3) is 3.23. The number of hydrogen-bond donors (Lipinski definition) is 2. The molecule has 1 rings (SSSR count). The zero-order chi connectivity index (χ0) is 12.1. The van der Waals surface area contributed by atoms with E-state index in [1.807, 2.05) is 0 Å². The number of benzene rings is 1. The quantitative estimate of drug-likeness (QED) is 0.575. The van der Waals surface area contributed by atoms with Crippen LogP contribution in [0.2, 0.25) is 0 Å². The standard InChI is InChI=1S/C10H11FN2O3/c11-6-1-2-7(8(12)5-6)10(15)16-4-3-9(13)14/h1-2,5H,3-4,12H2,(H2,13,14). The normalized spacial score (nSPS) is 9.81. The molecule has 0 bridgehead atoms. The van der Waals surface area contributed by atoms with Crippen molar-refractivity contribution >= 4 is 17.6 Å². The van der Waals surface area contributed by atoms with E-state index >= 15 is 0 Å². The molecule has 0 aliphatic heterocycles. The lowest BCUT2D eigenvalue weighted by Gasteiger charge is -2.05. The molecule has 0 unspecified atom stereocenters. The topological polar surface area (TPSA) is 95.4 Å². The Bertz CT molecular complexity index is 421. The van der Waals surface area contributed by atoms with E-state index in [1.165, 1.54) is 6.07 Å². The minimum atomic E-state index is -0.709. The Labute approximate surface area is 91.2 Å². The summed E-state index contributed by atoms with van der Waals surface area (Å²) >= 11 is 0. The molecule has 4 N–H and O–H groups in total. The fourth-order valence-electron chi connectivity index (χ4n) is 1.04. The Morgan fingerprint density at radius 2 is 2.06 bits per heavy atom. The van der Waals surface area contributed by atoms with Gasteiger partial charge in [-0.3, -0.25) is 4.79 Å². The smallest absolute Gasteiger partial charge is 0.340 e. The number of carbonyl (C=O) groups excluding carboxylic acids is 2. The number of carbonyl (C=O) groups is 2. The Morgan fingerprint density at radius 3 is 2.62 bits per heavy atom.